The number of aliphatic carboxylic acids is 1. The van der Waals surface area contributed by atoms with Gasteiger partial charge in [0.25, 0.3) is 5.91 Å². The van der Waals surface area contributed by atoms with E-state index in [9.17, 15) is 19.5 Å². The summed E-state index contributed by atoms with van der Waals surface area (Å²) in [6.07, 6.45) is -0.288. The number of carboxylic acid groups (broad SMARTS) is 1. The van der Waals surface area contributed by atoms with Crippen LogP contribution < -0.4 is 15.7 Å². The molecule has 0 aliphatic carbocycles. The topological polar surface area (TPSA) is 106 Å². The smallest absolute Gasteiger partial charge is 0.336 e. The highest BCUT2D eigenvalue weighted by Crippen LogP contribution is 2.29. The van der Waals surface area contributed by atoms with E-state index in [4.69, 9.17) is 9.15 Å². The number of carbonyl (C=O) groups is 2. The van der Waals surface area contributed by atoms with E-state index in [0.29, 0.717) is 28.9 Å². The molecule has 7 nitrogen and oxygen atoms in total. The van der Waals surface area contributed by atoms with E-state index in [1.807, 2.05) is 6.92 Å². The highest BCUT2D eigenvalue weighted by molar-refractivity contribution is 5.88. The van der Waals surface area contributed by atoms with Crippen LogP contribution in [0.4, 0.5) is 0 Å². The van der Waals surface area contributed by atoms with E-state index in [1.54, 1.807) is 49.4 Å². The van der Waals surface area contributed by atoms with Gasteiger partial charge < -0.3 is 19.6 Å². The number of fused-ring (bicyclic) bond motifs is 1. The molecule has 3 aromatic rings. The molecule has 1 heterocycles. The van der Waals surface area contributed by atoms with Crippen molar-refractivity contribution in [3.05, 3.63) is 75.6 Å². The van der Waals surface area contributed by atoms with E-state index in [2.05, 4.69) is 5.32 Å². The molecule has 156 valence electrons. The van der Waals surface area contributed by atoms with E-state index in [0.717, 1.165) is 10.9 Å². The van der Waals surface area contributed by atoms with Gasteiger partial charge in [-0.1, -0.05) is 37.3 Å². The van der Waals surface area contributed by atoms with Crippen LogP contribution in [0.25, 0.3) is 11.0 Å². The first-order valence-electron chi connectivity index (χ1n) is 9.63. The molecular formula is C23H23NO6. The Labute approximate surface area is 173 Å². The number of hydrogen-bond donors (Lipinski definition) is 2. The zero-order chi connectivity index (χ0) is 21.8. The molecule has 1 aromatic heterocycles. The molecule has 0 radical (unpaired) electrons. The van der Waals surface area contributed by atoms with Crippen molar-refractivity contribution in [3.8, 4) is 5.75 Å². The minimum Gasteiger partial charge on any atom is -0.480 e. The Bertz CT molecular complexity index is 1140. The highest BCUT2D eigenvalue weighted by Gasteiger charge is 2.26. The van der Waals surface area contributed by atoms with Crippen LogP contribution in [0.15, 0.2) is 57.7 Å². The molecule has 0 aliphatic heterocycles. The first-order chi connectivity index (χ1) is 14.3. The maximum Gasteiger partial charge on any atom is 0.336 e. The Kier molecular flexibility index (Phi) is 6.20. The van der Waals surface area contributed by atoms with Crippen LogP contribution in [-0.2, 0) is 16.0 Å². The van der Waals surface area contributed by atoms with Crippen LogP contribution in [0, 0.1) is 6.92 Å². The lowest BCUT2D eigenvalue weighted by Crippen LogP contribution is -2.41. The van der Waals surface area contributed by atoms with Crippen LogP contribution in [0.2, 0.25) is 0 Å². The Morgan fingerprint density at radius 3 is 2.50 bits per heavy atom. The highest BCUT2D eigenvalue weighted by atomic mass is 16.5. The second kappa shape index (κ2) is 8.82. The molecule has 2 atom stereocenters. The first-order valence-corrected chi connectivity index (χ1v) is 9.63. The van der Waals surface area contributed by atoms with Crippen molar-refractivity contribution < 1.29 is 23.8 Å². The third-order valence-corrected chi connectivity index (χ3v) is 4.92. The number of hydrogen-bond acceptors (Lipinski definition) is 5. The summed E-state index contributed by atoms with van der Waals surface area (Å²) in [6, 6.07) is 12.2. The predicted octanol–water partition coefficient (Wildman–Crippen LogP) is 3.37. The summed E-state index contributed by atoms with van der Waals surface area (Å²) >= 11 is 0. The molecule has 3 rings (SSSR count). The Morgan fingerprint density at radius 2 is 1.87 bits per heavy atom. The largest absolute Gasteiger partial charge is 0.480 e. The van der Waals surface area contributed by atoms with Gasteiger partial charge in [-0.15, -0.1) is 0 Å². The molecule has 0 saturated carbocycles. The average molecular weight is 409 g/mol. The Hall–Kier alpha value is -3.61. The summed E-state index contributed by atoms with van der Waals surface area (Å²) in [6.45, 7) is 5.22. The second-order valence-corrected chi connectivity index (χ2v) is 6.96. The van der Waals surface area contributed by atoms with Gasteiger partial charge in [0.2, 0.25) is 0 Å². The van der Waals surface area contributed by atoms with Crippen molar-refractivity contribution in [2.45, 2.75) is 39.3 Å². The van der Waals surface area contributed by atoms with Crippen LogP contribution in [0.1, 0.15) is 36.6 Å². The van der Waals surface area contributed by atoms with Crippen molar-refractivity contribution in [3.63, 3.8) is 0 Å². The molecule has 0 saturated heterocycles. The monoisotopic (exact) mass is 409 g/mol. The number of benzene rings is 2. The van der Waals surface area contributed by atoms with Crippen LogP contribution in [0.3, 0.4) is 0 Å². The number of carbonyl (C=O) groups excluding carboxylic acids is 1. The van der Waals surface area contributed by atoms with Gasteiger partial charge in [0.05, 0.1) is 0 Å². The first kappa shape index (κ1) is 21.1. The molecule has 2 aromatic carbocycles. The molecule has 0 fully saturated rings. The number of ether oxygens (including phenoxy) is 1. The van der Waals surface area contributed by atoms with Crippen molar-refractivity contribution >= 4 is 22.8 Å². The zero-order valence-electron chi connectivity index (χ0n) is 17.0. The van der Waals surface area contributed by atoms with Crippen LogP contribution >= 0.6 is 0 Å². The third-order valence-electron chi connectivity index (χ3n) is 4.92. The number of amides is 1. The molecule has 2 unspecified atom stereocenters. The number of rotatable bonds is 7. The Morgan fingerprint density at radius 1 is 1.17 bits per heavy atom. The fourth-order valence-electron chi connectivity index (χ4n) is 3.26. The lowest BCUT2D eigenvalue weighted by Gasteiger charge is -2.20. The number of carboxylic acids is 1. The van der Waals surface area contributed by atoms with E-state index in [-0.39, 0.29) is 0 Å². The van der Waals surface area contributed by atoms with E-state index >= 15 is 0 Å². The number of aryl methyl sites for hydroxylation is 2. The summed E-state index contributed by atoms with van der Waals surface area (Å²) in [4.78, 5) is 36.1. The van der Waals surface area contributed by atoms with Gasteiger partial charge in [0, 0.05) is 17.0 Å². The number of nitrogens with one attached hydrogen (secondary N) is 1. The SMILES string of the molecule is CCc1cc(=O)oc2c(C)c(OC(C)C(=O)NC(C(=O)O)c3ccccc3)ccc12. The quantitative estimate of drug-likeness (QED) is 0.580. The second-order valence-electron chi connectivity index (χ2n) is 6.96. The molecule has 0 aliphatic rings. The van der Waals surface area contributed by atoms with Gasteiger partial charge in [-0.2, -0.15) is 0 Å². The van der Waals surface area contributed by atoms with Crippen molar-refractivity contribution in [2.24, 2.45) is 0 Å². The fourth-order valence-corrected chi connectivity index (χ4v) is 3.26. The van der Waals surface area contributed by atoms with Gasteiger partial charge >= 0.3 is 11.6 Å². The standard InChI is InChI=1S/C23H23NO6/c1-4-15-12-19(25)30-21-13(2)18(11-10-17(15)21)29-14(3)22(26)24-20(23(27)28)16-8-6-5-7-9-16/h5-12,14,20H,4H2,1-3H3,(H,24,26)(H,27,28). The van der Waals surface area contributed by atoms with Gasteiger partial charge in [-0.25, -0.2) is 9.59 Å². The molecule has 1 amide bonds. The van der Waals surface area contributed by atoms with Gasteiger partial charge in [0.15, 0.2) is 12.1 Å². The normalized spacial score (nSPS) is 12.9. The van der Waals surface area contributed by atoms with E-state index < -0.39 is 29.6 Å². The Balaban J connectivity index is 1.83. The minimum atomic E-state index is -1.19. The van der Waals surface area contributed by atoms with Crippen molar-refractivity contribution in [1.29, 1.82) is 0 Å². The van der Waals surface area contributed by atoms with Gasteiger partial charge in [0.1, 0.15) is 11.3 Å². The lowest BCUT2D eigenvalue weighted by atomic mass is 10.0. The molecule has 2 N–H and O–H groups in total. The maximum atomic E-state index is 12.6. The van der Waals surface area contributed by atoms with Gasteiger partial charge in [-0.3, -0.25) is 4.79 Å². The summed E-state index contributed by atoms with van der Waals surface area (Å²) in [5.74, 6) is -1.36. The summed E-state index contributed by atoms with van der Waals surface area (Å²) in [7, 11) is 0. The maximum absolute atomic E-state index is 12.6. The van der Waals surface area contributed by atoms with E-state index in [1.165, 1.54) is 13.0 Å². The molecule has 30 heavy (non-hydrogen) atoms. The zero-order valence-corrected chi connectivity index (χ0v) is 17.0. The van der Waals surface area contributed by atoms with Crippen molar-refractivity contribution in [1.82, 2.24) is 5.32 Å². The summed E-state index contributed by atoms with van der Waals surface area (Å²) < 4.78 is 11.1. The fraction of sp³-hybridized carbons (Fsp3) is 0.261. The third kappa shape index (κ3) is 4.35. The summed E-state index contributed by atoms with van der Waals surface area (Å²) in [5.41, 5.74) is 1.89. The average Bonchev–Trinajstić information content (AvgIpc) is 2.73. The predicted molar refractivity (Wildman–Crippen MR) is 112 cm³/mol. The molecular weight excluding hydrogens is 386 g/mol. The molecule has 0 bridgehead atoms. The lowest BCUT2D eigenvalue weighted by molar-refractivity contribution is -0.143. The van der Waals surface area contributed by atoms with Crippen molar-refractivity contribution in [2.75, 3.05) is 0 Å². The van der Waals surface area contributed by atoms with Gasteiger partial charge in [-0.05, 0) is 43.5 Å². The molecule has 0 spiro atoms. The molecule has 7 heteroatoms. The van der Waals surface area contributed by atoms with Crippen LogP contribution in [-0.4, -0.2) is 23.1 Å². The van der Waals surface area contributed by atoms with Crippen LogP contribution in [0.5, 0.6) is 5.75 Å². The minimum absolute atomic E-state index is 0.383. The summed E-state index contributed by atoms with van der Waals surface area (Å²) in [5, 5.41) is 12.8.